The molecular weight excluding hydrogens is 444 g/mol. The minimum atomic E-state index is -1.61. The Hall–Kier alpha value is -2.77. The van der Waals surface area contributed by atoms with E-state index in [2.05, 4.69) is 39.9 Å². The predicted octanol–water partition coefficient (Wildman–Crippen LogP) is 4.33. The quantitative estimate of drug-likeness (QED) is 0.344. The normalized spacial score (nSPS) is 21.8. The van der Waals surface area contributed by atoms with Crippen molar-refractivity contribution in [3.05, 3.63) is 62.9 Å². The van der Waals surface area contributed by atoms with E-state index in [0.717, 1.165) is 22.2 Å². The Kier molecular flexibility index (Phi) is 5.15. The van der Waals surface area contributed by atoms with Crippen molar-refractivity contribution in [1.82, 2.24) is 9.55 Å². The molecule has 1 aromatic carbocycles. The summed E-state index contributed by atoms with van der Waals surface area (Å²) in [7, 11) is -1.61. The summed E-state index contributed by atoms with van der Waals surface area (Å²) < 4.78 is 7.56. The molecule has 1 N–H and O–H groups in total. The minimum absolute atomic E-state index is 0.150. The molecule has 0 spiro atoms. The highest BCUT2D eigenvalue weighted by Gasteiger charge is 2.44. The smallest absolute Gasteiger partial charge is 0.309 e. The van der Waals surface area contributed by atoms with Crippen molar-refractivity contribution in [2.45, 2.75) is 76.9 Å². The number of ether oxygens (including phenoxy) is 1. The summed E-state index contributed by atoms with van der Waals surface area (Å²) in [5.74, 6) is -0.448. The second-order valence-electron chi connectivity index (χ2n) is 11.0. The topological polar surface area (TPSA) is 81.4 Å². The summed E-state index contributed by atoms with van der Waals surface area (Å²) in [5.41, 5.74) is 3.29. The Morgan fingerprint density at radius 1 is 1.24 bits per heavy atom. The first kappa shape index (κ1) is 23.0. The van der Waals surface area contributed by atoms with Crippen molar-refractivity contribution in [1.29, 1.82) is 0 Å². The highest BCUT2D eigenvalue weighted by atomic mass is 28.3. The predicted molar refractivity (Wildman–Crippen MR) is 136 cm³/mol. The zero-order valence-electron chi connectivity index (χ0n) is 20.7. The molecule has 0 radical (unpaired) electrons. The maximum absolute atomic E-state index is 14.1. The van der Waals surface area contributed by atoms with Crippen molar-refractivity contribution < 1.29 is 14.6 Å². The summed E-state index contributed by atoms with van der Waals surface area (Å²) in [4.78, 5) is 31.7. The third-order valence-corrected chi connectivity index (χ3v) is 8.99. The van der Waals surface area contributed by atoms with Crippen LogP contribution in [0.15, 0.2) is 35.1 Å². The van der Waals surface area contributed by atoms with Crippen LogP contribution in [0.1, 0.15) is 68.5 Å². The number of hydrogen-bond acceptors (Lipinski definition) is 5. The van der Waals surface area contributed by atoms with E-state index in [9.17, 15) is 14.7 Å². The molecule has 0 saturated heterocycles. The summed E-state index contributed by atoms with van der Waals surface area (Å²) in [5, 5.41) is 12.7. The van der Waals surface area contributed by atoms with Gasteiger partial charge in [-0.3, -0.25) is 9.59 Å². The zero-order chi connectivity index (χ0) is 24.6. The van der Waals surface area contributed by atoms with Crippen LogP contribution in [-0.4, -0.2) is 29.4 Å². The van der Waals surface area contributed by atoms with Crippen LogP contribution in [0.2, 0.25) is 13.1 Å². The van der Waals surface area contributed by atoms with Gasteiger partial charge in [0.15, 0.2) is 0 Å². The number of fused-ring (bicyclic) bond motifs is 5. The lowest BCUT2D eigenvalue weighted by molar-refractivity contribution is -0.150. The van der Waals surface area contributed by atoms with E-state index in [0.29, 0.717) is 29.8 Å². The van der Waals surface area contributed by atoms with Crippen LogP contribution >= 0.6 is 0 Å². The van der Waals surface area contributed by atoms with Crippen molar-refractivity contribution in [3.8, 4) is 11.4 Å². The maximum Gasteiger partial charge on any atom is 0.309 e. The molecule has 2 aliphatic heterocycles. The van der Waals surface area contributed by atoms with Gasteiger partial charge in [0.05, 0.1) is 44.2 Å². The SMILES string of the molecule is CCC1(O)CC(=O)OC([SiH](C)C)c2c1cc1n(c2=O)Cc2c-1nc1ccccc1c2C(C)(C)C. The fraction of sp³-hybridized carbons (Fsp3) is 0.444. The molecule has 3 aromatic rings. The lowest BCUT2D eigenvalue weighted by Gasteiger charge is -2.27. The molecule has 2 aromatic heterocycles. The number of aromatic nitrogens is 2. The lowest BCUT2D eigenvalue weighted by atomic mass is 9.81. The summed E-state index contributed by atoms with van der Waals surface area (Å²) >= 11 is 0. The number of esters is 1. The Morgan fingerprint density at radius 2 is 1.94 bits per heavy atom. The molecule has 0 fully saturated rings. The Balaban J connectivity index is 1.87. The van der Waals surface area contributed by atoms with E-state index < -0.39 is 26.1 Å². The third-order valence-electron chi connectivity index (χ3n) is 7.31. The number of benzene rings is 1. The van der Waals surface area contributed by atoms with E-state index in [1.165, 1.54) is 5.56 Å². The van der Waals surface area contributed by atoms with Gasteiger partial charge in [0.1, 0.15) is 11.3 Å². The summed E-state index contributed by atoms with van der Waals surface area (Å²) in [6.07, 6.45) is 0.165. The number of carbonyl (C=O) groups is 1. The van der Waals surface area contributed by atoms with Gasteiger partial charge in [0.2, 0.25) is 0 Å². The van der Waals surface area contributed by atoms with Gasteiger partial charge in [-0.2, -0.15) is 0 Å². The van der Waals surface area contributed by atoms with Crippen LogP contribution < -0.4 is 5.56 Å². The second-order valence-corrected chi connectivity index (χ2v) is 14.1. The Morgan fingerprint density at radius 3 is 2.59 bits per heavy atom. The fourth-order valence-corrected chi connectivity index (χ4v) is 7.08. The Labute approximate surface area is 201 Å². The second kappa shape index (κ2) is 7.62. The van der Waals surface area contributed by atoms with E-state index in [4.69, 9.17) is 9.72 Å². The van der Waals surface area contributed by atoms with Crippen LogP contribution in [0.3, 0.4) is 0 Å². The van der Waals surface area contributed by atoms with Gasteiger partial charge in [-0.25, -0.2) is 4.98 Å². The van der Waals surface area contributed by atoms with Crippen molar-refractivity contribution in [2.24, 2.45) is 0 Å². The summed E-state index contributed by atoms with van der Waals surface area (Å²) in [6, 6.07) is 10.0. The van der Waals surface area contributed by atoms with Crippen LogP contribution in [-0.2, 0) is 27.1 Å². The van der Waals surface area contributed by atoms with Crippen LogP contribution in [0.4, 0.5) is 0 Å². The molecule has 7 heteroatoms. The van der Waals surface area contributed by atoms with Crippen molar-refractivity contribution >= 4 is 25.7 Å². The van der Waals surface area contributed by atoms with Gasteiger partial charge in [-0.05, 0) is 35.1 Å². The van der Waals surface area contributed by atoms with Gasteiger partial charge in [-0.15, -0.1) is 0 Å². The molecule has 2 aliphatic rings. The number of nitrogens with zero attached hydrogens (tertiary/aromatic N) is 2. The average molecular weight is 477 g/mol. The summed E-state index contributed by atoms with van der Waals surface area (Å²) in [6.45, 7) is 13.0. The molecule has 2 unspecified atom stereocenters. The average Bonchev–Trinajstić information content (AvgIpc) is 3.07. The number of para-hydroxylation sites is 1. The molecule has 6 nitrogen and oxygen atoms in total. The monoisotopic (exact) mass is 476 g/mol. The molecule has 0 amide bonds. The molecule has 34 heavy (non-hydrogen) atoms. The van der Waals surface area contributed by atoms with E-state index in [1.54, 1.807) is 4.57 Å². The molecule has 0 aliphatic carbocycles. The highest BCUT2D eigenvalue weighted by Crippen LogP contribution is 2.44. The first-order valence-electron chi connectivity index (χ1n) is 12.1. The van der Waals surface area contributed by atoms with E-state index in [-0.39, 0.29) is 17.4 Å². The van der Waals surface area contributed by atoms with Crippen LogP contribution in [0, 0.1) is 0 Å². The first-order chi connectivity index (χ1) is 16.0. The van der Waals surface area contributed by atoms with Gasteiger partial charge in [0, 0.05) is 10.9 Å². The first-order valence-corrected chi connectivity index (χ1v) is 15.1. The minimum Gasteiger partial charge on any atom is -0.462 e. The molecule has 5 rings (SSSR count). The third kappa shape index (κ3) is 3.28. The largest absolute Gasteiger partial charge is 0.462 e. The number of cyclic esters (lactones) is 1. The number of pyridine rings is 2. The van der Waals surface area contributed by atoms with Crippen LogP contribution in [0.5, 0.6) is 0 Å². The lowest BCUT2D eigenvalue weighted by Crippen LogP contribution is -2.35. The van der Waals surface area contributed by atoms with Gasteiger partial charge in [0.25, 0.3) is 5.56 Å². The number of carbonyl (C=O) groups excluding carboxylic acids is 1. The maximum atomic E-state index is 14.1. The van der Waals surface area contributed by atoms with Crippen molar-refractivity contribution in [3.63, 3.8) is 0 Å². The molecular formula is C27H32N2O4Si. The Bertz CT molecular complexity index is 1400. The molecule has 0 bridgehead atoms. The van der Waals surface area contributed by atoms with Gasteiger partial charge >= 0.3 is 5.97 Å². The molecule has 2 atom stereocenters. The number of rotatable bonds is 2. The molecule has 4 heterocycles. The standard InChI is InChI=1S/C27H32N2O4Si/c1-7-27(32)13-20(30)33-25(34(5)6)21-17(27)12-19-23-16(14-29(19)24(21)31)22(26(2,3)4)15-10-8-9-11-18(15)28-23/h8-12,25,32,34H,7,13-14H2,1-6H3. The number of aliphatic hydroxyl groups is 1. The molecule has 0 saturated carbocycles. The number of hydrogen-bond donors (Lipinski definition) is 1. The van der Waals surface area contributed by atoms with Gasteiger partial charge in [-0.1, -0.05) is 59.0 Å². The van der Waals surface area contributed by atoms with Crippen LogP contribution in [0.25, 0.3) is 22.3 Å². The molecule has 178 valence electrons. The van der Waals surface area contributed by atoms with E-state index in [1.807, 2.05) is 31.2 Å². The zero-order valence-corrected chi connectivity index (χ0v) is 21.9. The van der Waals surface area contributed by atoms with E-state index >= 15 is 0 Å². The fourth-order valence-electron chi connectivity index (χ4n) is 5.67. The van der Waals surface area contributed by atoms with Crippen molar-refractivity contribution in [2.75, 3.05) is 0 Å². The highest BCUT2D eigenvalue weighted by molar-refractivity contribution is 6.57. The van der Waals surface area contributed by atoms with Gasteiger partial charge < -0.3 is 14.4 Å².